The van der Waals surface area contributed by atoms with E-state index in [2.05, 4.69) is 21.2 Å². The van der Waals surface area contributed by atoms with E-state index in [0.717, 1.165) is 4.47 Å². The Kier molecular flexibility index (Phi) is 4.77. The summed E-state index contributed by atoms with van der Waals surface area (Å²) in [6.07, 6.45) is 0. The molecule has 0 bridgehead atoms. The molecule has 1 amide bonds. The summed E-state index contributed by atoms with van der Waals surface area (Å²) in [6.45, 7) is 1.64. The summed E-state index contributed by atoms with van der Waals surface area (Å²) in [5, 5.41) is 13.6. The van der Waals surface area contributed by atoms with Gasteiger partial charge in [0.1, 0.15) is 5.75 Å². The third kappa shape index (κ3) is 3.43. The van der Waals surface area contributed by atoms with Crippen LogP contribution >= 0.6 is 15.9 Å². The number of benzene rings is 2. The van der Waals surface area contributed by atoms with E-state index in [-0.39, 0.29) is 5.69 Å². The predicted molar refractivity (Wildman–Crippen MR) is 86.5 cm³/mol. The van der Waals surface area contributed by atoms with E-state index < -0.39 is 10.8 Å². The molecule has 2 rings (SSSR count). The number of halogens is 1. The van der Waals surface area contributed by atoms with E-state index in [1.807, 2.05) is 0 Å². The highest BCUT2D eigenvalue weighted by molar-refractivity contribution is 9.10. The fraction of sp³-hybridized carbons (Fsp3) is 0.133. The minimum absolute atomic E-state index is 0.0426. The van der Waals surface area contributed by atoms with E-state index in [0.29, 0.717) is 22.6 Å². The molecule has 0 aliphatic rings. The van der Waals surface area contributed by atoms with Gasteiger partial charge >= 0.3 is 0 Å². The predicted octanol–water partition coefficient (Wildman–Crippen LogP) is 3.93. The van der Waals surface area contributed by atoms with Crippen molar-refractivity contribution in [3.63, 3.8) is 0 Å². The Bertz CT molecular complexity index is 746. The van der Waals surface area contributed by atoms with Crippen LogP contribution in [0.1, 0.15) is 15.9 Å². The summed E-state index contributed by atoms with van der Waals surface area (Å²) in [4.78, 5) is 22.8. The van der Waals surface area contributed by atoms with Crippen molar-refractivity contribution in [3.05, 3.63) is 62.1 Å². The molecular weight excluding hydrogens is 352 g/mol. The van der Waals surface area contributed by atoms with Crippen molar-refractivity contribution >= 4 is 33.2 Å². The van der Waals surface area contributed by atoms with Gasteiger partial charge in [0.15, 0.2) is 0 Å². The standard InChI is InChI=1S/C15H13BrN2O4/c1-9-3-5-11(8-13(9)18(20)21)17-15(19)12-7-10(16)4-6-14(12)22-2/h3-8H,1-2H3,(H,17,19). The van der Waals surface area contributed by atoms with Crippen molar-refractivity contribution in [2.75, 3.05) is 12.4 Å². The van der Waals surface area contributed by atoms with Gasteiger partial charge in [-0.05, 0) is 31.2 Å². The number of carbonyl (C=O) groups excluding carboxylic acids is 1. The lowest BCUT2D eigenvalue weighted by Crippen LogP contribution is -2.13. The largest absolute Gasteiger partial charge is 0.496 e. The van der Waals surface area contributed by atoms with Crippen LogP contribution in [-0.2, 0) is 0 Å². The molecule has 0 unspecified atom stereocenters. The second-order valence-electron chi connectivity index (χ2n) is 4.56. The van der Waals surface area contributed by atoms with Crippen LogP contribution in [0.2, 0.25) is 0 Å². The fourth-order valence-electron chi connectivity index (χ4n) is 1.94. The minimum atomic E-state index is -0.481. The lowest BCUT2D eigenvalue weighted by atomic mass is 10.1. The van der Waals surface area contributed by atoms with Crippen LogP contribution < -0.4 is 10.1 Å². The molecule has 6 nitrogen and oxygen atoms in total. The van der Waals surface area contributed by atoms with Crippen LogP contribution in [-0.4, -0.2) is 17.9 Å². The molecule has 1 N–H and O–H groups in total. The number of nitro benzene ring substituents is 1. The fourth-order valence-corrected chi connectivity index (χ4v) is 2.30. The number of carbonyl (C=O) groups is 1. The maximum absolute atomic E-state index is 12.3. The number of ether oxygens (including phenoxy) is 1. The number of anilines is 1. The summed E-state index contributed by atoms with van der Waals surface area (Å²) < 4.78 is 5.88. The number of nitro groups is 1. The molecule has 2 aromatic rings. The van der Waals surface area contributed by atoms with Crippen LogP contribution in [0, 0.1) is 17.0 Å². The first-order valence-electron chi connectivity index (χ1n) is 6.32. The molecule has 114 valence electrons. The number of aryl methyl sites for hydroxylation is 1. The number of amides is 1. The summed E-state index contributed by atoms with van der Waals surface area (Å²) in [6, 6.07) is 9.58. The lowest BCUT2D eigenvalue weighted by molar-refractivity contribution is -0.385. The Morgan fingerprint density at radius 2 is 2.00 bits per heavy atom. The Balaban J connectivity index is 2.31. The normalized spacial score (nSPS) is 10.1. The highest BCUT2D eigenvalue weighted by Gasteiger charge is 2.16. The van der Waals surface area contributed by atoms with Gasteiger partial charge < -0.3 is 10.1 Å². The van der Waals surface area contributed by atoms with Crippen LogP contribution in [0.25, 0.3) is 0 Å². The van der Waals surface area contributed by atoms with Crippen molar-refractivity contribution in [1.29, 1.82) is 0 Å². The molecule has 0 aliphatic heterocycles. The second-order valence-corrected chi connectivity index (χ2v) is 5.47. The number of nitrogens with zero attached hydrogens (tertiary/aromatic N) is 1. The SMILES string of the molecule is COc1ccc(Br)cc1C(=O)Nc1ccc(C)c([N+](=O)[O-])c1. The van der Waals surface area contributed by atoms with E-state index in [1.54, 1.807) is 37.3 Å². The van der Waals surface area contributed by atoms with Crippen LogP contribution in [0.5, 0.6) is 5.75 Å². The number of methoxy groups -OCH3 is 1. The third-order valence-electron chi connectivity index (χ3n) is 3.07. The summed E-state index contributed by atoms with van der Waals surface area (Å²) in [5.74, 6) is 0.0126. The number of hydrogen-bond acceptors (Lipinski definition) is 4. The maximum Gasteiger partial charge on any atom is 0.274 e. The van der Waals surface area contributed by atoms with Gasteiger partial charge in [0.25, 0.3) is 11.6 Å². The van der Waals surface area contributed by atoms with E-state index in [4.69, 9.17) is 4.74 Å². The molecule has 0 heterocycles. The average molecular weight is 365 g/mol. The van der Waals surface area contributed by atoms with Crippen molar-refractivity contribution in [2.24, 2.45) is 0 Å². The molecule has 0 fully saturated rings. The Morgan fingerprint density at radius 3 is 2.64 bits per heavy atom. The summed E-state index contributed by atoms with van der Waals surface area (Å²) in [5.41, 5.74) is 1.17. The Hall–Kier alpha value is -2.41. The van der Waals surface area contributed by atoms with Gasteiger partial charge in [-0.1, -0.05) is 22.0 Å². The van der Waals surface area contributed by atoms with Gasteiger partial charge in [-0.2, -0.15) is 0 Å². The molecular formula is C15H13BrN2O4. The van der Waals surface area contributed by atoms with Gasteiger partial charge in [-0.15, -0.1) is 0 Å². The average Bonchev–Trinajstić information content (AvgIpc) is 2.48. The number of nitrogens with one attached hydrogen (secondary N) is 1. The maximum atomic E-state index is 12.3. The lowest BCUT2D eigenvalue weighted by Gasteiger charge is -2.10. The first-order valence-corrected chi connectivity index (χ1v) is 7.11. The van der Waals surface area contributed by atoms with E-state index >= 15 is 0 Å². The summed E-state index contributed by atoms with van der Waals surface area (Å²) >= 11 is 3.29. The zero-order chi connectivity index (χ0) is 16.3. The van der Waals surface area contributed by atoms with E-state index in [1.165, 1.54) is 13.2 Å². The molecule has 0 saturated heterocycles. The van der Waals surface area contributed by atoms with Gasteiger partial charge in [0, 0.05) is 21.8 Å². The molecule has 0 atom stereocenters. The van der Waals surface area contributed by atoms with Gasteiger partial charge in [-0.3, -0.25) is 14.9 Å². The zero-order valence-electron chi connectivity index (χ0n) is 11.9. The van der Waals surface area contributed by atoms with Gasteiger partial charge in [0.2, 0.25) is 0 Å². The molecule has 0 aromatic heterocycles. The quantitative estimate of drug-likeness (QED) is 0.658. The topological polar surface area (TPSA) is 81.5 Å². The second kappa shape index (κ2) is 6.57. The first-order chi connectivity index (χ1) is 10.4. The molecule has 22 heavy (non-hydrogen) atoms. The highest BCUT2D eigenvalue weighted by atomic mass is 79.9. The molecule has 0 aliphatic carbocycles. The van der Waals surface area contributed by atoms with Crippen molar-refractivity contribution in [2.45, 2.75) is 6.92 Å². The third-order valence-corrected chi connectivity index (χ3v) is 3.56. The molecule has 7 heteroatoms. The smallest absolute Gasteiger partial charge is 0.274 e. The Labute approximate surface area is 135 Å². The molecule has 0 saturated carbocycles. The number of rotatable bonds is 4. The summed E-state index contributed by atoms with van der Waals surface area (Å²) in [7, 11) is 1.47. The van der Waals surface area contributed by atoms with Crippen molar-refractivity contribution in [3.8, 4) is 5.75 Å². The Morgan fingerprint density at radius 1 is 1.27 bits per heavy atom. The van der Waals surface area contributed by atoms with Crippen molar-refractivity contribution in [1.82, 2.24) is 0 Å². The molecule has 0 spiro atoms. The zero-order valence-corrected chi connectivity index (χ0v) is 13.5. The van der Waals surface area contributed by atoms with Crippen LogP contribution in [0.15, 0.2) is 40.9 Å². The molecule has 2 aromatic carbocycles. The minimum Gasteiger partial charge on any atom is -0.496 e. The van der Waals surface area contributed by atoms with Gasteiger partial charge in [-0.25, -0.2) is 0 Å². The number of hydrogen-bond donors (Lipinski definition) is 1. The van der Waals surface area contributed by atoms with Crippen LogP contribution in [0.3, 0.4) is 0 Å². The molecule has 0 radical (unpaired) electrons. The van der Waals surface area contributed by atoms with Crippen LogP contribution in [0.4, 0.5) is 11.4 Å². The van der Waals surface area contributed by atoms with E-state index in [9.17, 15) is 14.9 Å². The van der Waals surface area contributed by atoms with Gasteiger partial charge in [0.05, 0.1) is 17.6 Å². The first kappa shape index (κ1) is 16.0. The monoisotopic (exact) mass is 364 g/mol. The highest BCUT2D eigenvalue weighted by Crippen LogP contribution is 2.26. The van der Waals surface area contributed by atoms with Crippen molar-refractivity contribution < 1.29 is 14.5 Å².